The monoisotopic (exact) mass is 544 g/mol. The molecule has 2 aliphatic heterocycles. The Morgan fingerprint density at radius 1 is 0.738 bits per heavy atom. The quantitative estimate of drug-likeness (QED) is 0.259. The normalized spacial score (nSPS) is 22.4. The lowest BCUT2D eigenvalue weighted by Crippen LogP contribution is -2.35. The zero-order chi connectivity index (χ0) is 28.0. The fourth-order valence-corrected chi connectivity index (χ4v) is 6.98. The molecule has 4 nitrogen and oxygen atoms in total. The summed E-state index contributed by atoms with van der Waals surface area (Å²) in [6, 6.07) is 38.9. The largest absolute Gasteiger partial charge is 0.333 e. The Balaban J connectivity index is 1.18. The standard InChI is InChI=1S/C38H32N4/c1-41-37(28-13-4-2-5-14-28)39-36(40-38(41)29-15-6-3-7-16-29)27-20-23-30(24-21-27)42-33-19-11-10-18-32(33)35-31-17-9-8-12-26(31)22-25-34(35)42/h2-8,10-16,18-25,34-35,37H,9,17H2,1H3/t34-,35?,37?/m0/s1. The molecule has 0 bridgehead atoms. The van der Waals surface area contributed by atoms with Gasteiger partial charge >= 0.3 is 0 Å². The highest BCUT2D eigenvalue weighted by Crippen LogP contribution is 2.52. The van der Waals surface area contributed by atoms with Crippen molar-refractivity contribution in [3.05, 3.63) is 167 Å². The molecule has 4 aliphatic rings. The molecule has 4 aromatic rings. The van der Waals surface area contributed by atoms with Crippen molar-refractivity contribution in [2.75, 3.05) is 11.9 Å². The minimum Gasteiger partial charge on any atom is -0.333 e. The van der Waals surface area contributed by atoms with Crippen molar-refractivity contribution in [3.63, 3.8) is 0 Å². The van der Waals surface area contributed by atoms with Gasteiger partial charge in [-0.15, -0.1) is 0 Å². The summed E-state index contributed by atoms with van der Waals surface area (Å²) in [5, 5.41) is 0. The van der Waals surface area contributed by atoms with E-state index in [2.05, 4.69) is 138 Å². The zero-order valence-electron chi connectivity index (χ0n) is 23.6. The molecule has 0 spiro atoms. The Bertz CT molecular complexity index is 1800. The number of hydrogen-bond donors (Lipinski definition) is 0. The van der Waals surface area contributed by atoms with E-state index in [1.807, 2.05) is 12.1 Å². The maximum atomic E-state index is 5.17. The van der Waals surface area contributed by atoms with Crippen LogP contribution >= 0.6 is 0 Å². The van der Waals surface area contributed by atoms with E-state index >= 15 is 0 Å². The second-order valence-electron chi connectivity index (χ2n) is 11.4. The molecule has 0 saturated heterocycles. The summed E-state index contributed by atoms with van der Waals surface area (Å²) in [7, 11) is 2.08. The van der Waals surface area contributed by atoms with E-state index < -0.39 is 0 Å². The Labute approximate surface area is 247 Å². The Kier molecular flexibility index (Phi) is 5.99. The van der Waals surface area contributed by atoms with E-state index in [1.54, 1.807) is 5.57 Å². The molecule has 0 saturated carbocycles. The Hall–Kier alpha value is -4.96. The minimum atomic E-state index is -0.154. The van der Waals surface area contributed by atoms with Crippen molar-refractivity contribution in [2.24, 2.45) is 9.98 Å². The zero-order valence-corrected chi connectivity index (χ0v) is 23.6. The van der Waals surface area contributed by atoms with Crippen molar-refractivity contribution in [1.29, 1.82) is 0 Å². The van der Waals surface area contributed by atoms with Crippen LogP contribution in [0.5, 0.6) is 0 Å². The molecule has 0 N–H and O–H groups in total. The first kappa shape index (κ1) is 24.8. The van der Waals surface area contributed by atoms with Crippen LogP contribution in [0, 0.1) is 0 Å². The van der Waals surface area contributed by atoms with E-state index in [0.29, 0.717) is 5.92 Å². The van der Waals surface area contributed by atoms with E-state index in [0.717, 1.165) is 41.2 Å². The number of rotatable bonds is 4. The van der Waals surface area contributed by atoms with Crippen LogP contribution in [0.25, 0.3) is 0 Å². The molecule has 2 aliphatic carbocycles. The van der Waals surface area contributed by atoms with Gasteiger partial charge in [0.15, 0.2) is 5.84 Å². The third-order valence-electron chi connectivity index (χ3n) is 8.96. The summed E-state index contributed by atoms with van der Waals surface area (Å²) in [6.07, 6.45) is 11.4. The molecule has 0 amide bonds. The van der Waals surface area contributed by atoms with Gasteiger partial charge in [0, 0.05) is 35.5 Å². The number of anilines is 2. The van der Waals surface area contributed by atoms with Gasteiger partial charge in [0.05, 0.1) is 6.04 Å². The molecule has 3 atom stereocenters. The number of para-hydroxylation sites is 1. The average Bonchev–Trinajstić information content (AvgIpc) is 3.41. The summed E-state index contributed by atoms with van der Waals surface area (Å²) in [5.74, 6) is 2.08. The number of aliphatic imine (C=N–C) groups is 2. The van der Waals surface area contributed by atoms with Crippen molar-refractivity contribution in [1.82, 2.24) is 4.90 Å². The molecule has 2 unspecified atom stereocenters. The SMILES string of the molecule is CN1C(c2ccccc2)=NC(c2ccc(N3c4ccccc4C4C5=C(C=CCC5)C=C[C@@H]43)cc2)=NC1c1ccccc1. The van der Waals surface area contributed by atoms with E-state index in [1.165, 1.54) is 22.5 Å². The first-order chi connectivity index (χ1) is 20.8. The van der Waals surface area contributed by atoms with Crippen molar-refractivity contribution >= 4 is 23.0 Å². The molecule has 8 rings (SSSR count). The van der Waals surface area contributed by atoms with Crippen LogP contribution in [0.1, 0.15) is 47.2 Å². The summed E-state index contributed by atoms with van der Waals surface area (Å²) >= 11 is 0. The lowest BCUT2D eigenvalue weighted by molar-refractivity contribution is 0.383. The van der Waals surface area contributed by atoms with E-state index in [4.69, 9.17) is 9.98 Å². The number of nitrogens with zero attached hydrogens (tertiary/aromatic N) is 4. The predicted molar refractivity (Wildman–Crippen MR) is 173 cm³/mol. The van der Waals surface area contributed by atoms with Crippen LogP contribution in [0.15, 0.2) is 155 Å². The highest BCUT2D eigenvalue weighted by Gasteiger charge is 2.41. The first-order valence-corrected chi connectivity index (χ1v) is 14.8. The third kappa shape index (κ3) is 4.06. The molecular weight excluding hydrogens is 512 g/mol. The summed E-state index contributed by atoms with van der Waals surface area (Å²) < 4.78 is 0. The second-order valence-corrected chi connectivity index (χ2v) is 11.4. The van der Waals surface area contributed by atoms with E-state index in [9.17, 15) is 0 Å². The van der Waals surface area contributed by atoms with Crippen LogP contribution in [-0.2, 0) is 0 Å². The van der Waals surface area contributed by atoms with Gasteiger partial charge in [0.1, 0.15) is 12.0 Å². The van der Waals surface area contributed by atoms with Crippen LogP contribution < -0.4 is 4.90 Å². The van der Waals surface area contributed by atoms with Gasteiger partial charge in [-0.1, -0.05) is 109 Å². The Morgan fingerprint density at radius 3 is 2.29 bits per heavy atom. The van der Waals surface area contributed by atoms with Gasteiger partial charge in [-0.05, 0) is 59.9 Å². The lowest BCUT2D eigenvalue weighted by Gasteiger charge is -2.34. The van der Waals surface area contributed by atoms with Crippen LogP contribution in [-0.4, -0.2) is 29.7 Å². The number of amidine groups is 2. The highest BCUT2D eigenvalue weighted by molar-refractivity contribution is 6.13. The molecule has 0 aromatic heterocycles. The van der Waals surface area contributed by atoms with Crippen molar-refractivity contribution in [3.8, 4) is 0 Å². The lowest BCUT2D eigenvalue weighted by atomic mass is 9.77. The fraction of sp³-hybridized carbons (Fsp3) is 0.158. The van der Waals surface area contributed by atoms with Crippen molar-refractivity contribution in [2.45, 2.75) is 31.0 Å². The number of benzene rings is 4. The van der Waals surface area contributed by atoms with Crippen molar-refractivity contribution < 1.29 is 0 Å². The Morgan fingerprint density at radius 2 is 1.48 bits per heavy atom. The molecular formula is C38H32N4. The smallest absolute Gasteiger partial charge is 0.159 e. The topological polar surface area (TPSA) is 31.2 Å². The molecule has 4 aromatic carbocycles. The molecule has 2 heterocycles. The summed E-state index contributed by atoms with van der Waals surface area (Å²) in [5.41, 5.74) is 10.2. The van der Waals surface area contributed by atoms with Crippen LogP contribution in [0.4, 0.5) is 11.4 Å². The maximum absolute atomic E-state index is 5.17. The summed E-state index contributed by atoms with van der Waals surface area (Å²) in [4.78, 5) is 15.0. The predicted octanol–water partition coefficient (Wildman–Crippen LogP) is 8.34. The molecule has 4 heteroatoms. The highest BCUT2D eigenvalue weighted by atomic mass is 15.3. The van der Waals surface area contributed by atoms with Crippen LogP contribution in [0.2, 0.25) is 0 Å². The van der Waals surface area contributed by atoms with Crippen LogP contribution in [0.3, 0.4) is 0 Å². The molecule has 204 valence electrons. The van der Waals surface area contributed by atoms with Gasteiger partial charge < -0.3 is 9.80 Å². The second kappa shape index (κ2) is 10.1. The number of allylic oxidation sites excluding steroid dienone is 4. The van der Waals surface area contributed by atoms with Gasteiger partial charge in [-0.25, -0.2) is 9.98 Å². The number of hydrogen-bond acceptors (Lipinski definition) is 4. The summed E-state index contributed by atoms with van der Waals surface area (Å²) in [6.45, 7) is 0. The van der Waals surface area contributed by atoms with E-state index in [-0.39, 0.29) is 12.2 Å². The molecule has 0 fully saturated rings. The fourth-order valence-electron chi connectivity index (χ4n) is 6.98. The molecule has 0 radical (unpaired) electrons. The minimum absolute atomic E-state index is 0.154. The van der Waals surface area contributed by atoms with Gasteiger partial charge in [-0.2, -0.15) is 0 Å². The van der Waals surface area contributed by atoms with Gasteiger partial charge in [0.2, 0.25) is 0 Å². The first-order valence-electron chi connectivity index (χ1n) is 14.8. The third-order valence-corrected chi connectivity index (χ3v) is 8.96. The van der Waals surface area contributed by atoms with Gasteiger partial charge in [-0.3, -0.25) is 0 Å². The average molecular weight is 545 g/mol. The van der Waals surface area contributed by atoms with Gasteiger partial charge in [0.25, 0.3) is 0 Å². The maximum Gasteiger partial charge on any atom is 0.159 e. The molecule has 42 heavy (non-hydrogen) atoms. The number of fused-ring (bicyclic) bond motifs is 4.